The van der Waals surface area contributed by atoms with Gasteiger partial charge in [0.25, 0.3) is 0 Å². The quantitative estimate of drug-likeness (QED) is 0.331. The number of hydrogen-bond acceptors (Lipinski definition) is 4. The van der Waals surface area contributed by atoms with E-state index in [9.17, 15) is 4.79 Å². The third-order valence-corrected chi connectivity index (χ3v) is 7.43. The number of carbonyl (C=O) groups excluding carboxylic acids is 1. The summed E-state index contributed by atoms with van der Waals surface area (Å²) in [5.74, 6) is 0.246. The Bertz CT molecular complexity index is 1230. The van der Waals surface area contributed by atoms with E-state index in [2.05, 4.69) is 18.4 Å². The average Bonchev–Trinajstić information content (AvgIpc) is 3.39. The molecule has 4 rings (SSSR count). The van der Waals surface area contributed by atoms with Gasteiger partial charge in [0.15, 0.2) is 6.10 Å². The first-order valence-corrected chi connectivity index (χ1v) is 12.9. The zero-order chi connectivity index (χ0) is 25.5. The van der Waals surface area contributed by atoms with Gasteiger partial charge in [-0.05, 0) is 83.6 Å². The van der Waals surface area contributed by atoms with Crippen LogP contribution in [0, 0.1) is 26.7 Å². The van der Waals surface area contributed by atoms with Crippen LogP contribution in [0.25, 0.3) is 22.2 Å². The molecule has 1 saturated carbocycles. The second-order valence-corrected chi connectivity index (χ2v) is 11.2. The number of nitrogens with zero attached hydrogens (tertiary/aromatic N) is 2. The van der Waals surface area contributed by atoms with Gasteiger partial charge in [0.2, 0.25) is 0 Å². The van der Waals surface area contributed by atoms with Gasteiger partial charge in [-0.1, -0.05) is 36.6 Å². The second-order valence-electron chi connectivity index (χ2n) is 10.8. The van der Waals surface area contributed by atoms with E-state index in [0.717, 1.165) is 40.0 Å². The molecule has 0 saturated heterocycles. The summed E-state index contributed by atoms with van der Waals surface area (Å²) < 4.78 is 13.9. The SMILES string of the molecule is COC(=O)C(OC(C)(C)C)c1c(C)nc2c(c(C)c(C)n2CC2CCCC2)c1-c1ccc(Cl)cc1. The largest absolute Gasteiger partial charge is 0.467 e. The van der Waals surface area contributed by atoms with E-state index in [1.165, 1.54) is 44.1 Å². The van der Waals surface area contributed by atoms with Gasteiger partial charge in [-0.2, -0.15) is 0 Å². The van der Waals surface area contributed by atoms with Crippen LogP contribution >= 0.6 is 11.6 Å². The molecular formula is C29H37ClN2O3. The molecule has 1 aliphatic carbocycles. The van der Waals surface area contributed by atoms with Crippen molar-refractivity contribution in [2.75, 3.05) is 7.11 Å². The summed E-state index contributed by atoms with van der Waals surface area (Å²) in [5, 5.41) is 1.73. The van der Waals surface area contributed by atoms with Gasteiger partial charge in [-0.25, -0.2) is 9.78 Å². The van der Waals surface area contributed by atoms with E-state index < -0.39 is 17.7 Å². The lowest BCUT2D eigenvalue weighted by Crippen LogP contribution is -2.29. The highest BCUT2D eigenvalue weighted by Gasteiger charge is 2.34. The molecule has 0 N–H and O–H groups in total. The molecule has 0 bridgehead atoms. The van der Waals surface area contributed by atoms with E-state index in [-0.39, 0.29) is 0 Å². The molecule has 35 heavy (non-hydrogen) atoms. The molecule has 0 aliphatic heterocycles. The summed E-state index contributed by atoms with van der Waals surface area (Å²) in [6.07, 6.45) is 4.24. The van der Waals surface area contributed by atoms with Crippen molar-refractivity contribution in [1.29, 1.82) is 0 Å². The fraction of sp³-hybridized carbons (Fsp3) is 0.517. The molecule has 188 valence electrons. The number of pyridine rings is 1. The molecule has 1 aliphatic rings. The highest BCUT2D eigenvalue weighted by atomic mass is 35.5. The van der Waals surface area contributed by atoms with E-state index in [1.807, 2.05) is 52.0 Å². The van der Waals surface area contributed by atoms with E-state index >= 15 is 0 Å². The first kappa shape index (κ1) is 25.7. The molecular weight excluding hydrogens is 460 g/mol. The predicted molar refractivity (Wildman–Crippen MR) is 142 cm³/mol. The lowest BCUT2D eigenvalue weighted by Gasteiger charge is -2.29. The first-order valence-electron chi connectivity index (χ1n) is 12.5. The molecule has 1 unspecified atom stereocenters. The van der Waals surface area contributed by atoms with Crippen LogP contribution in [0.15, 0.2) is 24.3 Å². The van der Waals surface area contributed by atoms with Crippen LogP contribution in [0.2, 0.25) is 5.02 Å². The summed E-state index contributed by atoms with van der Waals surface area (Å²) in [6, 6.07) is 7.79. The average molecular weight is 497 g/mol. The Kier molecular flexibility index (Phi) is 7.31. The minimum absolute atomic E-state index is 0.431. The summed E-state index contributed by atoms with van der Waals surface area (Å²) in [4.78, 5) is 18.2. The van der Waals surface area contributed by atoms with Crippen molar-refractivity contribution in [3.63, 3.8) is 0 Å². The molecule has 2 aromatic heterocycles. The topological polar surface area (TPSA) is 53.4 Å². The number of aromatic nitrogens is 2. The normalized spacial score (nSPS) is 15.7. The van der Waals surface area contributed by atoms with Gasteiger partial charge in [0.1, 0.15) is 5.65 Å². The molecule has 0 spiro atoms. The van der Waals surface area contributed by atoms with Crippen molar-refractivity contribution in [2.45, 2.75) is 85.5 Å². The number of ether oxygens (including phenoxy) is 2. The molecule has 1 aromatic carbocycles. The fourth-order valence-electron chi connectivity index (χ4n) is 5.39. The molecule has 2 heterocycles. The molecule has 1 fully saturated rings. The van der Waals surface area contributed by atoms with Crippen LogP contribution in [0.5, 0.6) is 0 Å². The molecule has 1 atom stereocenters. The number of carbonyl (C=O) groups is 1. The monoisotopic (exact) mass is 496 g/mol. The van der Waals surface area contributed by atoms with Crippen LogP contribution < -0.4 is 0 Å². The molecule has 3 aromatic rings. The van der Waals surface area contributed by atoms with Gasteiger partial charge in [0.05, 0.1) is 12.7 Å². The van der Waals surface area contributed by atoms with Crippen molar-refractivity contribution < 1.29 is 14.3 Å². The van der Waals surface area contributed by atoms with E-state index in [4.69, 9.17) is 26.1 Å². The second kappa shape index (κ2) is 9.94. The fourth-order valence-corrected chi connectivity index (χ4v) is 5.52. The third-order valence-electron chi connectivity index (χ3n) is 7.18. The zero-order valence-corrected chi connectivity index (χ0v) is 22.8. The Balaban J connectivity index is 2.05. The molecule has 0 amide bonds. The van der Waals surface area contributed by atoms with Crippen LogP contribution in [-0.4, -0.2) is 28.2 Å². The number of fused-ring (bicyclic) bond motifs is 1. The number of methoxy groups -OCH3 is 1. The standard InChI is InChI=1S/C29H37ClN2O3/c1-17-19(3)32(16-20-10-8-9-11-20)27-23(17)25(21-12-14-22(30)15-13-21)24(18(2)31-27)26(28(33)34-7)35-29(4,5)6/h12-15,20,26H,8-11,16H2,1-7H3. The maximum Gasteiger partial charge on any atom is 0.339 e. The first-order chi connectivity index (χ1) is 16.5. The zero-order valence-electron chi connectivity index (χ0n) is 22.0. The van der Waals surface area contributed by atoms with Crippen molar-refractivity contribution in [3.8, 4) is 11.1 Å². The number of rotatable bonds is 6. The summed E-state index contributed by atoms with van der Waals surface area (Å²) in [6.45, 7) is 13.1. The summed E-state index contributed by atoms with van der Waals surface area (Å²) in [5.41, 5.74) is 6.28. The minimum atomic E-state index is -0.902. The van der Waals surface area contributed by atoms with Crippen molar-refractivity contribution in [1.82, 2.24) is 9.55 Å². The van der Waals surface area contributed by atoms with Gasteiger partial charge in [0, 0.05) is 39.5 Å². The Morgan fingerprint density at radius 1 is 1.14 bits per heavy atom. The lowest BCUT2D eigenvalue weighted by atomic mass is 9.91. The van der Waals surface area contributed by atoms with E-state index in [1.54, 1.807) is 0 Å². The Morgan fingerprint density at radius 2 is 1.77 bits per heavy atom. The number of aryl methyl sites for hydroxylation is 2. The van der Waals surface area contributed by atoms with Gasteiger partial charge < -0.3 is 14.0 Å². The summed E-state index contributed by atoms with van der Waals surface area (Å²) >= 11 is 6.25. The number of hydrogen-bond donors (Lipinski definition) is 0. The Labute approximate surface area is 213 Å². The highest BCUT2D eigenvalue weighted by molar-refractivity contribution is 6.30. The van der Waals surface area contributed by atoms with E-state index in [0.29, 0.717) is 10.9 Å². The molecule has 0 radical (unpaired) electrons. The number of halogens is 1. The van der Waals surface area contributed by atoms with Crippen LogP contribution in [-0.2, 0) is 20.8 Å². The smallest absolute Gasteiger partial charge is 0.339 e. The summed E-state index contributed by atoms with van der Waals surface area (Å²) in [7, 11) is 1.40. The maximum absolute atomic E-state index is 13.1. The maximum atomic E-state index is 13.1. The van der Waals surface area contributed by atoms with Crippen molar-refractivity contribution >= 4 is 28.6 Å². The number of esters is 1. The van der Waals surface area contributed by atoms with Crippen molar-refractivity contribution in [2.24, 2.45) is 5.92 Å². The Morgan fingerprint density at radius 3 is 2.34 bits per heavy atom. The van der Waals surface area contributed by atoms with Gasteiger partial charge in [-0.3, -0.25) is 0 Å². The van der Waals surface area contributed by atoms with Crippen LogP contribution in [0.3, 0.4) is 0 Å². The lowest BCUT2D eigenvalue weighted by molar-refractivity contribution is -0.164. The minimum Gasteiger partial charge on any atom is -0.467 e. The van der Waals surface area contributed by atoms with Crippen LogP contribution in [0.1, 0.15) is 75.1 Å². The van der Waals surface area contributed by atoms with Gasteiger partial charge >= 0.3 is 5.97 Å². The van der Waals surface area contributed by atoms with Crippen LogP contribution in [0.4, 0.5) is 0 Å². The molecule has 6 heteroatoms. The highest BCUT2D eigenvalue weighted by Crippen LogP contribution is 2.43. The Hall–Kier alpha value is -2.37. The van der Waals surface area contributed by atoms with Gasteiger partial charge in [-0.15, -0.1) is 0 Å². The van der Waals surface area contributed by atoms with Crippen molar-refractivity contribution in [3.05, 3.63) is 51.8 Å². The number of benzene rings is 1. The predicted octanol–water partition coefficient (Wildman–Crippen LogP) is 7.50. The molecule has 5 nitrogen and oxygen atoms in total. The third kappa shape index (κ3) is 5.12.